The smallest absolute Gasteiger partial charge is 0.418 e. The molecule has 0 saturated carbocycles. The largest absolute Gasteiger partial charge is 0.443 e. The van der Waals surface area contributed by atoms with E-state index in [0.717, 1.165) is 28.2 Å². The van der Waals surface area contributed by atoms with Crippen molar-refractivity contribution in [2.75, 3.05) is 6.26 Å². The zero-order valence-electron chi connectivity index (χ0n) is 16.2. The van der Waals surface area contributed by atoms with Crippen LogP contribution in [0.1, 0.15) is 26.5 Å². The van der Waals surface area contributed by atoms with Gasteiger partial charge in [-0.15, -0.1) is 0 Å². The number of hydrogen-bond donors (Lipinski definition) is 0. The summed E-state index contributed by atoms with van der Waals surface area (Å²) in [6, 6.07) is 9.38. The van der Waals surface area contributed by atoms with Gasteiger partial charge in [0.2, 0.25) is 0 Å². The molecular weight excluding hydrogens is 380 g/mol. The highest BCUT2D eigenvalue weighted by atomic mass is 32.2. The molecule has 3 aromatic rings. The zero-order chi connectivity index (χ0) is 20.5. The lowest BCUT2D eigenvalue weighted by molar-refractivity contribution is 0.0538. The van der Waals surface area contributed by atoms with E-state index in [1.807, 2.05) is 45.0 Å². The molecule has 0 aliphatic rings. The van der Waals surface area contributed by atoms with Crippen LogP contribution in [0.25, 0.3) is 21.9 Å². The Morgan fingerprint density at radius 3 is 2.36 bits per heavy atom. The molecule has 2 aromatic heterocycles. The van der Waals surface area contributed by atoms with Gasteiger partial charge in [-0.2, -0.15) is 8.42 Å². The van der Waals surface area contributed by atoms with Gasteiger partial charge in [-0.3, -0.25) is 13.7 Å². The van der Waals surface area contributed by atoms with Gasteiger partial charge in [-0.05, 0) is 38.5 Å². The van der Waals surface area contributed by atoms with Gasteiger partial charge in [-0.25, -0.2) is 4.79 Å². The molecule has 0 radical (unpaired) electrons. The fourth-order valence-electron chi connectivity index (χ4n) is 2.59. The van der Waals surface area contributed by atoms with Crippen molar-refractivity contribution in [1.82, 2.24) is 9.55 Å². The van der Waals surface area contributed by atoms with Crippen molar-refractivity contribution in [1.29, 1.82) is 0 Å². The summed E-state index contributed by atoms with van der Waals surface area (Å²) in [4.78, 5) is 16.5. The summed E-state index contributed by atoms with van der Waals surface area (Å²) in [5, 5.41) is 1.81. The minimum absolute atomic E-state index is 0.100. The van der Waals surface area contributed by atoms with Crippen LogP contribution >= 0.6 is 0 Å². The Hall–Kier alpha value is -2.71. The number of fused-ring (bicyclic) bond motifs is 1. The topological polar surface area (TPSA) is 87.5 Å². The number of aromatic nitrogens is 2. The number of nitrogens with zero attached hydrogens (tertiary/aromatic N) is 2. The highest BCUT2D eigenvalue weighted by Gasteiger charge is 2.18. The van der Waals surface area contributed by atoms with Gasteiger partial charge in [0.05, 0.1) is 11.9 Å². The maximum absolute atomic E-state index is 12.2. The molecule has 28 heavy (non-hydrogen) atoms. The van der Waals surface area contributed by atoms with Crippen LogP contribution < -0.4 is 0 Å². The Balaban J connectivity index is 1.81. The van der Waals surface area contributed by atoms with E-state index in [9.17, 15) is 13.2 Å². The van der Waals surface area contributed by atoms with E-state index in [1.54, 1.807) is 24.7 Å². The molecule has 2 heterocycles. The van der Waals surface area contributed by atoms with E-state index in [1.165, 1.54) is 4.57 Å². The Morgan fingerprint density at radius 2 is 1.75 bits per heavy atom. The first kappa shape index (κ1) is 20.0. The van der Waals surface area contributed by atoms with Crippen LogP contribution in [0, 0.1) is 0 Å². The number of rotatable bonds is 4. The molecule has 3 rings (SSSR count). The van der Waals surface area contributed by atoms with Crippen LogP contribution in [-0.2, 0) is 25.6 Å². The van der Waals surface area contributed by atoms with Crippen molar-refractivity contribution in [3.05, 3.63) is 54.6 Å². The molecule has 0 bridgehead atoms. The van der Waals surface area contributed by atoms with E-state index >= 15 is 0 Å². The average Bonchev–Trinajstić information content (AvgIpc) is 3.02. The predicted molar refractivity (Wildman–Crippen MR) is 106 cm³/mol. The average molecular weight is 402 g/mol. The number of pyridine rings is 1. The summed E-state index contributed by atoms with van der Waals surface area (Å²) in [7, 11) is -3.51. The summed E-state index contributed by atoms with van der Waals surface area (Å²) in [5.74, 6) is 0. The fourth-order valence-corrected chi connectivity index (χ4v) is 2.92. The molecule has 8 heteroatoms. The molecule has 0 saturated heterocycles. The predicted octanol–water partition coefficient (Wildman–Crippen LogP) is 3.96. The first-order valence-corrected chi connectivity index (χ1v) is 10.5. The van der Waals surface area contributed by atoms with Crippen molar-refractivity contribution < 1.29 is 22.1 Å². The van der Waals surface area contributed by atoms with Gasteiger partial charge in [-0.1, -0.05) is 18.2 Å². The van der Waals surface area contributed by atoms with Gasteiger partial charge in [0, 0.05) is 34.9 Å². The second kappa shape index (κ2) is 7.37. The second-order valence-electron chi connectivity index (χ2n) is 7.49. The Kier molecular flexibility index (Phi) is 5.27. The normalized spacial score (nSPS) is 12.3. The van der Waals surface area contributed by atoms with Crippen molar-refractivity contribution >= 4 is 27.0 Å². The minimum atomic E-state index is -3.51. The highest BCUT2D eigenvalue weighted by Crippen LogP contribution is 2.25. The summed E-state index contributed by atoms with van der Waals surface area (Å²) in [6.07, 6.45) is 5.70. The van der Waals surface area contributed by atoms with E-state index in [-0.39, 0.29) is 6.61 Å². The SMILES string of the molecule is CC(C)(C)OC(=O)n1cc2ccc(-c3ccc(COS(C)(=O)=O)nc3)cc2c1. The van der Waals surface area contributed by atoms with Crippen LogP contribution in [0.3, 0.4) is 0 Å². The molecule has 7 nitrogen and oxygen atoms in total. The third-order valence-corrected chi connectivity index (χ3v) is 4.37. The molecule has 0 aliphatic heterocycles. The summed E-state index contributed by atoms with van der Waals surface area (Å²) in [6.45, 7) is 5.37. The Bertz CT molecular complexity index is 1110. The summed E-state index contributed by atoms with van der Waals surface area (Å²) < 4.78 is 33.7. The van der Waals surface area contributed by atoms with Crippen LogP contribution in [0.5, 0.6) is 0 Å². The standard InChI is InChI=1S/C20H22N2O5S/c1-20(2,3)27-19(23)22-11-16-6-5-14(9-17(16)12-22)15-7-8-18(21-10-15)13-26-28(4,24)25/h5-12H,13H2,1-4H3. The number of hydrogen-bond acceptors (Lipinski definition) is 6. The summed E-state index contributed by atoms with van der Waals surface area (Å²) >= 11 is 0. The quantitative estimate of drug-likeness (QED) is 0.614. The minimum Gasteiger partial charge on any atom is -0.443 e. The van der Waals surface area contributed by atoms with E-state index in [0.29, 0.717) is 5.69 Å². The van der Waals surface area contributed by atoms with Crippen LogP contribution in [0.4, 0.5) is 4.79 Å². The molecule has 0 atom stereocenters. The van der Waals surface area contributed by atoms with Gasteiger partial charge in [0.15, 0.2) is 0 Å². The highest BCUT2D eigenvalue weighted by molar-refractivity contribution is 7.85. The van der Waals surface area contributed by atoms with Gasteiger partial charge >= 0.3 is 6.09 Å². The molecule has 0 spiro atoms. The van der Waals surface area contributed by atoms with Gasteiger partial charge in [0.1, 0.15) is 12.2 Å². The van der Waals surface area contributed by atoms with E-state index in [4.69, 9.17) is 8.92 Å². The molecular formula is C20H22N2O5S. The van der Waals surface area contributed by atoms with Crippen LogP contribution in [-0.4, -0.2) is 35.9 Å². The number of carbonyl (C=O) groups excluding carboxylic acids is 1. The van der Waals surface area contributed by atoms with Crippen molar-refractivity contribution in [3.8, 4) is 11.1 Å². The van der Waals surface area contributed by atoms with Crippen molar-refractivity contribution in [2.45, 2.75) is 33.0 Å². The molecule has 1 aromatic carbocycles. The second-order valence-corrected chi connectivity index (χ2v) is 9.14. The van der Waals surface area contributed by atoms with E-state index < -0.39 is 21.8 Å². The molecule has 0 fully saturated rings. The van der Waals surface area contributed by atoms with Crippen molar-refractivity contribution in [3.63, 3.8) is 0 Å². The lowest BCUT2D eigenvalue weighted by Gasteiger charge is -2.19. The molecule has 0 N–H and O–H groups in total. The zero-order valence-corrected chi connectivity index (χ0v) is 17.0. The first-order valence-electron chi connectivity index (χ1n) is 8.65. The number of benzene rings is 1. The molecule has 0 unspecified atom stereocenters. The number of carbonyl (C=O) groups is 1. The Morgan fingerprint density at radius 1 is 1.07 bits per heavy atom. The van der Waals surface area contributed by atoms with E-state index in [2.05, 4.69) is 4.98 Å². The fraction of sp³-hybridized carbons (Fsp3) is 0.300. The summed E-state index contributed by atoms with van der Waals surface area (Å²) in [5.41, 5.74) is 1.76. The molecule has 0 aliphatic carbocycles. The third-order valence-electron chi connectivity index (χ3n) is 3.83. The lowest BCUT2D eigenvalue weighted by atomic mass is 10.0. The monoisotopic (exact) mass is 402 g/mol. The van der Waals surface area contributed by atoms with Crippen LogP contribution in [0.15, 0.2) is 48.9 Å². The van der Waals surface area contributed by atoms with Gasteiger partial charge in [0.25, 0.3) is 10.1 Å². The number of ether oxygens (including phenoxy) is 1. The lowest BCUT2D eigenvalue weighted by Crippen LogP contribution is -2.26. The van der Waals surface area contributed by atoms with Gasteiger partial charge < -0.3 is 4.74 Å². The molecule has 148 valence electrons. The third kappa shape index (κ3) is 5.17. The maximum Gasteiger partial charge on any atom is 0.418 e. The first-order chi connectivity index (χ1) is 13.0. The van der Waals surface area contributed by atoms with Crippen LogP contribution in [0.2, 0.25) is 0 Å². The molecule has 0 amide bonds. The Labute approximate surface area is 164 Å². The van der Waals surface area contributed by atoms with Crippen molar-refractivity contribution in [2.24, 2.45) is 0 Å². The maximum atomic E-state index is 12.2.